The van der Waals surface area contributed by atoms with Crippen LogP contribution in [0, 0.1) is 0 Å². The number of phenolic OH excluding ortho intramolecular Hbond substituents is 2. The minimum absolute atomic E-state index is 0.0138. The van der Waals surface area contributed by atoms with E-state index in [1.807, 2.05) is 12.1 Å². The van der Waals surface area contributed by atoms with Crippen LogP contribution < -0.4 is 20.9 Å². The Morgan fingerprint density at radius 3 is 1.87 bits per heavy atom. The predicted octanol–water partition coefficient (Wildman–Crippen LogP) is 5.97. The Bertz CT molecular complexity index is 1000. The summed E-state index contributed by atoms with van der Waals surface area (Å²) in [6, 6.07) is 15.2. The minimum Gasteiger partial charge on any atom is -0.506 e. The van der Waals surface area contributed by atoms with Gasteiger partial charge in [-0.25, -0.2) is 0 Å². The molecule has 0 aromatic heterocycles. The summed E-state index contributed by atoms with van der Waals surface area (Å²) in [5.41, 5.74) is 12.9. The summed E-state index contributed by atoms with van der Waals surface area (Å²) in [5.74, 6) is 2.31. The largest absolute Gasteiger partial charge is 0.506 e. The van der Waals surface area contributed by atoms with Crippen LogP contribution in [0.15, 0.2) is 54.6 Å². The molecule has 0 atom stereocenters. The summed E-state index contributed by atoms with van der Waals surface area (Å²) in [6.45, 7) is 2.18. The molecule has 0 aliphatic carbocycles. The van der Waals surface area contributed by atoms with Crippen LogP contribution in [-0.2, 0) is 6.42 Å². The second-order valence-electron chi connectivity index (χ2n) is 7.23. The Balaban J connectivity index is 1.83. The first-order valence-corrected chi connectivity index (χ1v) is 10.1. The number of rotatable bonds is 9. The molecule has 6 N–H and O–H groups in total. The van der Waals surface area contributed by atoms with Crippen LogP contribution in [0.3, 0.4) is 0 Å². The average Bonchev–Trinajstić information content (AvgIpc) is 2.72. The van der Waals surface area contributed by atoms with E-state index in [9.17, 15) is 10.2 Å². The predicted molar refractivity (Wildman–Crippen MR) is 119 cm³/mol. The minimum atomic E-state index is -0.0181. The van der Waals surface area contributed by atoms with Crippen molar-refractivity contribution in [3.05, 3.63) is 60.2 Å². The lowest BCUT2D eigenvalue weighted by atomic mass is 10.0. The Kier molecular flexibility index (Phi) is 6.91. The number of hydrogen-bond acceptors (Lipinski definition) is 6. The summed E-state index contributed by atoms with van der Waals surface area (Å²) in [6.07, 6.45) is 5.35. The fourth-order valence-corrected chi connectivity index (χ4v) is 3.09. The highest BCUT2D eigenvalue weighted by Crippen LogP contribution is 2.35. The lowest BCUT2D eigenvalue weighted by molar-refractivity contribution is 0.446. The van der Waals surface area contributed by atoms with Gasteiger partial charge in [-0.2, -0.15) is 0 Å². The summed E-state index contributed by atoms with van der Waals surface area (Å²) >= 11 is 0. The molecule has 0 spiro atoms. The van der Waals surface area contributed by atoms with Crippen LogP contribution in [-0.4, -0.2) is 10.2 Å². The zero-order valence-corrected chi connectivity index (χ0v) is 17.1. The van der Waals surface area contributed by atoms with Crippen LogP contribution in [0.2, 0.25) is 0 Å². The lowest BCUT2D eigenvalue weighted by Crippen LogP contribution is -1.95. The van der Waals surface area contributed by atoms with Crippen molar-refractivity contribution < 1.29 is 19.7 Å². The van der Waals surface area contributed by atoms with Gasteiger partial charge in [-0.05, 0) is 60.9 Å². The number of benzene rings is 3. The van der Waals surface area contributed by atoms with E-state index in [0.29, 0.717) is 34.4 Å². The fourth-order valence-electron chi connectivity index (χ4n) is 3.09. The number of aromatic hydroxyl groups is 2. The highest BCUT2D eigenvalue weighted by molar-refractivity contribution is 5.56. The zero-order chi connectivity index (χ0) is 21.5. The smallest absolute Gasteiger partial charge is 0.142 e. The Labute approximate surface area is 176 Å². The fraction of sp³-hybridized carbons (Fsp3) is 0.250. The third kappa shape index (κ3) is 5.50. The van der Waals surface area contributed by atoms with Crippen LogP contribution in [0.5, 0.6) is 34.5 Å². The van der Waals surface area contributed by atoms with Crippen molar-refractivity contribution in [3.63, 3.8) is 0 Å². The number of unbranched alkanes of at least 4 members (excludes halogenated alkanes) is 3. The molecule has 0 saturated carbocycles. The van der Waals surface area contributed by atoms with Crippen molar-refractivity contribution in [3.8, 4) is 34.5 Å². The van der Waals surface area contributed by atoms with Gasteiger partial charge in [0.1, 0.15) is 34.5 Å². The van der Waals surface area contributed by atoms with Gasteiger partial charge in [0.2, 0.25) is 0 Å². The molecule has 0 saturated heterocycles. The van der Waals surface area contributed by atoms with E-state index < -0.39 is 0 Å². The van der Waals surface area contributed by atoms with Gasteiger partial charge in [0, 0.05) is 12.1 Å². The van der Waals surface area contributed by atoms with Gasteiger partial charge in [-0.1, -0.05) is 26.2 Å². The molecule has 0 fully saturated rings. The van der Waals surface area contributed by atoms with Crippen molar-refractivity contribution in [2.45, 2.75) is 39.0 Å². The van der Waals surface area contributed by atoms with Crippen LogP contribution in [0.25, 0.3) is 0 Å². The normalized spacial score (nSPS) is 10.7. The first-order chi connectivity index (χ1) is 14.5. The summed E-state index contributed by atoms with van der Waals surface area (Å²) in [5, 5.41) is 19.6. The Morgan fingerprint density at radius 2 is 1.27 bits per heavy atom. The van der Waals surface area contributed by atoms with Crippen LogP contribution in [0.4, 0.5) is 11.4 Å². The molecule has 3 aromatic rings. The van der Waals surface area contributed by atoms with E-state index in [2.05, 4.69) is 6.92 Å². The van der Waals surface area contributed by atoms with Gasteiger partial charge in [-0.3, -0.25) is 0 Å². The first-order valence-electron chi connectivity index (χ1n) is 10.1. The van der Waals surface area contributed by atoms with Crippen molar-refractivity contribution in [1.29, 1.82) is 0 Å². The molecule has 3 aromatic carbocycles. The quantitative estimate of drug-likeness (QED) is 0.197. The average molecular weight is 408 g/mol. The molecule has 0 unspecified atom stereocenters. The molecular weight excluding hydrogens is 380 g/mol. The first kappa shape index (κ1) is 21.2. The Hall–Kier alpha value is -3.54. The maximum Gasteiger partial charge on any atom is 0.142 e. The molecule has 0 radical (unpaired) electrons. The highest BCUT2D eigenvalue weighted by atomic mass is 16.5. The molecule has 6 nitrogen and oxygen atoms in total. The summed E-state index contributed by atoms with van der Waals surface area (Å²) in [4.78, 5) is 0. The standard InChI is InChI=1S/C24H28N2O4/c1-2-3-4-5-6-16-13-17(29-18-7-10-20(25)22(27)14-18)9-12-24(16)30-19-8-11-21(26)23(28)15-19/h7-15,27-28H,2-6,25-26H2,1H3. The molecule has 0 aliphatic heterocycles. The van der Waals surface area contributed by atoms with Gasteiger partial charge in [0.25, 0.3) is 0 Å². The van der Waals surface area contributed by atoms with E-state index in [0.717, 1.165) is 31.2 Å². The molecule has 158 valence electrons. The van der Waals surface area contributed by atoms with E-state index in [1.54, 1.807) is 30.3 Å². The van der Waals surface area contributed by atoms with E-state index in [-0.39, 0.29) is 11.5 Å². The van der Waals surface area contributed by atoms with Crippen molar-refractivity contribution in [1.82, 2.24) is 0 Å². The second kappa shape index (κ2) is 9.78. The topological polar surface area (TPSA) is 111 Å². The monoisotopic (exact) mass is 408 g/mol. The lowest BCUT2D eigenvalue weighted by Gasteiger charge is -2.14. The zero-order valence-electron chi connectivity index (χ0n) is 17.1. The number of nitrogen functional groups attached to an aromatic ring is 2. The van der Waals surface area contributed by atoms with Gasteiger partial charge >= 0.3 is 0 Å². The summed E-state index contributed by atoms with van der Waals surface area (Å²) in [7, 11) is 0. The molecule has 0 aliphatic rings. The number of nitrogens with two attached hydrogens (primary N) is 2. The van der Waals surface area contributed by atoms with E-state index in [4.69, 9.17) is 20.9 Å². The number of hydrogen-bond donors (Lipinski definition) is 4. The molecule has 0 bridgehead atoms. The molecule has 0 heterocycles. The molecule has 30 heavy (non-hydrogen) atoms. The van der Waals surface area contributed by atoms with Crippen molar-refractivity contribution in [2.24, 2.45) is 0 Å². The van der Waals surface area contributed by atoms with Gasteiger partial charge in [0.15, 0.2) is 0 Å². The van der Waals surface area contributed by atoms with Crippen LogP contribution >= 0.6 is 0 Å². The number of phenols is 2. The van der Waals surface area contributed by atoms with E-state index >= 15 is 0 Å². The SMILES string of the molecule is CCCCCCc1cc(Oc2ccc(N)c(O)c2)ccc1Oc1ccc(N)c(O)c1. The van der Waals surface area contributed by atoms with Crippen molar-refractivity contribution >= 4 is 11.4 Å². The molecule has 6 heteroatoms. The molecule has 3 rings (SSSR count). The van der Waals surface area contributed by atoms with Gasteiger partial charge < -0.3 is 31.2 Å². The van der Waals surface area contributed by atoms with Gasteiger partial charge in [0.05, 0.1) is 11.4 Å². The highest BCUT2D eigenvalue weighted by Gasteiger charge is 2.10. The van der Waals surface area contributed by atoms with Gasteiger partial charge in [-0.15, -0.1) is 0 Å². The Morgan fingerprint density at radius 1 is 0.700 bits per heavy atom. The third-order valence-corrected chi connectivity index (χ3v) is 4.80. The molecular formula is C24H28N2O4. The number of ether oxygens (including phenoxy) is 2. The third-order valence-electron chi connectivity index (χ3n) is 4.80. The second-order valence-corrected chi connectivity index (χ2v) is 7.23. The summed E-state index contributed by atoms with van der Waals surface area (Å²) < 4.78 is 11.9. The van der Waals surface area contributed by atoms with Crippen LogP contribution in [0.1, 0.15) is 38.2 Å². The van der Waals surface area contributed by atoms with E-state index in [1.165, 1.54) is 18.6 Å². The maximum absolute atomic E-state index is 9.84. The number of aryl methyl sites for hydroxylation is 1. The maximum atomic E-state index is 9.84. The number of anilines is 2. The van der Waals surface area contributed by atoms with Crippen molar-refractivity contribution in [2.75, 3.05) is 11.5 Å². The molecule has 0 amide bonds.